The summed E-state index contributed by atoms with van der Waals surface area (Å²) in [6.07, 6.45) is -0.405. The SMILES string of the molecule is COc1cccc(C2=NOC(C(=O)Nc3cc(Br)ccc3O)C2)c1. The highest BCUT2D eigenvalue weighted by molar-refractivity contribution is 9.10. The predicted octanol–water partition coefficient (Wildman–Crippen LogP) is 3.30. The zero-order valence-corrected chi connectivity index (χ0v) is 14.4. The van der Waals surface area contributed by atoms with Crippen LogP contribution in [0.5, 0.6) is 11.5 Å². The van der Waals surface area contributed by atoms with Crippen molar-refractivity contribution in [2.45, 2.75) is 12.5 Å². The standard InChI is InChI=1S/C17H15BrN2O4/c1-23-12-4-2-3-10(7-12)13-9-16(24-20-13)17(22)19-14-8-11(18)5-6-15(14)21/h2-8,16,21H,9H2,1H3,(H,19,22). The number of aromatic hydroxyl groups is 1. The van der Waals surface area contributed by atoms with Crippen LogP contribution in [0.4, 0.5) is 5.69 Å². The number of carbonyl (C=O) groups excluding carboxylic acids is 1. The number of nitrogens with one attached hydrogen (secondary N) is 1. The van der Waals surface area contributed by atoms with Gasteiger partial charge in [0.25, 0.3) is 5.91 Å². The molecule has 1 amide bonds. The monoisotopic (exact) mass is 390 g/mol. The van der Waals surface area contributed by atoms with Crippen LogP contribution in [0.1, 0.15) is 12.0 Å². The predicted molar refractivity (Wildman–Crippen MR) is 93.5 cm³/mol. The maximum atomic E-state index is 12.3. The second-order valence-electron chi connectivity index (χ2n) is 5.22. The Morgan fingerprint density at radius 3 is 3.00 bits per heavy atom. The first kappa shape index (κ1) is 16.3. The van der Waals surface area contributed by atoms with Gasteiger partial charge < -0.3 is 20.0 Å². The number of ether oxygens (including phenoxy) is 1. The highest BCUT2D eigenvalue weighted by Crippen LogP contribution is 2.28. The summed E-state index contributed by atoms with van der Waals surface area (Å²) in [5.41, 5.74) is 1.83. The van der Waals surface area contributed by atoms with Gasteiger partial charge in [-0.15, -0.1) is 0 Å². The molecule has 24 heavy (non-hydrogen) atoms. The second-order valence-corrected chi connectivity index (χ2v) is 6.13. The number of anilines is 1. The van der Waals surface area contributed by atoms with Gasteiger partial charge >= 0.3 is 0 Å². The molecule has 0 aromatic heterocycles. The maximum absolute atomic E-state index is 12.3. The molecular weight excluding hydrogens is 376 g/mol. The summed E-state index contributed by atoms with van der Waals surface area (Å²) in [5, 5.41) is 16.4. The van der Waals surface area contributed by atoms with Crippen LogP contribution in [-0.2, 0) is 9.63 Å². The average molecular weight is 391 g/mol. The zero-order chi connectivity index (χ0) is 17.1. The van der Waals surface area contributed by atoms with Crippen molar-refractivity contribution in [3.63, 3.8) is 0 Å². The Balaban J connectivity index is 1.68. The van der Waals surface area contributed by atoms with E-state index >= 15 is 0 Å². The molecule has 2 N–H and O–H groups in total. The topological polar surface area (TPSA) is 80.2 Å². The molecule has 1 unspecified atom stereocenters. The molecule has 0 saturated carbocycles. The highest BCUT2D eigenvalue weighted by Gasteiger charge is 2.29. The summed E-state index contributed by atoms with van der Waals surface area (Å²) in [4.78, 5) is 17.6. The van der Waals surface area contributed by atoms with Crippen molar-refractivity contribution < 1.29 is 19.5 Å². The maximum Gasteiger partial charge on any atom is 0.268 e. The minimum absolute atomic E-state index is 0.0153. The molecule has 1 aliphatic rings. The van der Waals surface area contributed by atoms with Gasteiger partial charge in [-0.05, 0) is 30.3 Å². The third kappa shape index (κ3) is 3.51. The molecule has 124 valence electrons. The van der Waals surface area contributed by atoms with E-state index in [1.54, 1.807) is 19.2 Å². The number of oxime groups is 1. The van der Waals surface area contributed by atoms with Crippen LogP contribution < -0.4 is 10.1 Å². The molecule has 2 aromatic carbocycles. The van der Waals surface area contributed by atoms with Gasteiger partial charge in [-0.25, -0.2) is 0 Å². The first-order valence-corrected chi connectivity index (χ1v) is 8.02. The molecule has 2 aromatic rings. The fourth-order valence-electron chi connectivity index (χ4n) is 2.31. The third-order valence-corrected chi connectivity index (χ3v) is 4.07. The summed E-state index contributed by atoms with van der Waals surface area (Å²) < 4.78 is 5.93. The lowest BCUT2D eigenvalue weighted by Crippen LogP contribution is -2.28. The van der Waals surface area contributed by atoms with Crippen molar-refractivity contribution >= 4 is 33.2 Å². The molecule has 1 heterocycles. The third-order valence-electron chi connectivity index (χ3n) is 3.58. The number of nitrogens with zero attached hydrogens (tertiary/aromatic N) is 1. The van der Waals surface area contributed by atoms with Crippen molar-refractivity contribution in [2.75, 3.05) is 12.4 Å². The summed E-state index contributed by atoms with van der Waals surface area (Å²) in [6.45, 7) is 0. The fraction of sp³-hybridized carbons (Fsp3) is 0.176. The summed E-state index contributed by atoms with van der Waals surface area (Å²) >= 11 is 3.30. The number of hydrogen-bond donors (Lipinski definition) is 2. The van der Waals surface area contributed by atoms with Crippen molar-refractivity contribution in [1.82, 2.24) is 0 Å². The Bertz CT molecular complexity index is 807. The molecule has 0 saturated heterocycles. The zero-order valence-electron chi connectivity index (χ0n) is 12.8. The van der Waals surface area contributed by atoms with Crippen LogP contribution in [0, 0.1) is 0 Å². The van der Waals surface area contributed by atoms with Crippen molar-refractivity contribution in [1.29, 1.82) is 0 Å². The second kappa shape index (κ2) is 6.92. The Labute approximate surface area is 147 Å². The fourth-order valence-corrected chi connectivity index (χ4v) is 2.67. The van der Waals surface area contributed by atoms with Crippen molar-refractivity contribution in [3.05, 3.63) is 52.5 Å². The first-order valence-electron chi connectivity index (χ1n) is 7.23. The number of benzene rings is 2. The van der Waals surface area contributed by atoms with Crippen LogP contribution in [0.2, 0.25) is 0 Å². The number of phenols is 1. The number of methoxy groups -OCH3 is 1. The van der Waals surface area contributed by atoms with E-state index in [1.807, 2.05) is 24.3 Å². The molecule has 7 heteroatoms. The van der Waals surface area contributed by atoms with Crippen LogP contribution in [0.3, 0.4) is 0 Å². The number of hydrogen-bond acceptors (Lipinski definition) is 5. The smallest absolute Gasteiger partial charge is 0.268 e. The van der Waals surface area contributed by atoms with Crippen molar-refractivity contribution in [2.24, 2.45) is 5.16 Å². The first-order chi connectivity index (χ1) is 11.6. The highest BCUT2D eigenvalue weighted by atomic mass is 79.9. The molecule has 3 rings (SSSR count). The number of rotatable bonds is 4. The Morgan fingerprint density at radius 2 is 2.21 bits per heavy atom. The van der Waals surface area contributed by atoms with Gasteiger partial charge in [-0.1, -0.05) is 33.2 Å². The van der Waals surface area contributed by atoms with Gasteiger partial charge in [0.05, 0.1) is 18.5 Å². The van der Waals surface area contributed by atoms with E-state index in [0.29, 0.717) is 23.6 Å². The van der Waals surface area contributed by atoms with E-state index in [9.17, 15) is 9.90 Å². The normalized spacial score (nSPS) is 16.2. The van der Waals surface area contributed by atoms with E-state index in [1.165, 1.54) is 6.07 Å². The summed E-state index contributed by atoms with van der Waals surface area (Å²) in [5.74, 6) is 0.325. The molecular formula is C17H15BrN2O4. The number of halogens is 1. The Kier molecular flexibility index (Phi) is 4.71. The van der Waals surface area contributed by atoms with Gasteiger partial charge in [-0.2, -0.15) is 0 Å². The molecule has 1 aliphatic heterocycles. The molecule has 0 radical (unpaired) electrons. The lowest BCUT2D eigenvalue weighted by Gasteiger charge is -2.11. The minimum atomic E-state index is -0.746. The number of carbonyl (C=O) groups is 1. The van der Waals surface area contributed by atoms with E-state index in [2.05, 4.69) is 26.4 Å². The van der Waals surface area contributed by atoms with E-state index in [4.69, 9.17) is 9.57 Å². The lowest BCUT2D eigenvalue weighted by atomic mass is 10.0. The average Bonchev–Trinajstić information content (AvgIpc) is 3.08. The van der Waals surface area contributed by atoms with Gasteiger partial charge in [0.2, 0.25) is 6.10 Å². The lowest BCUT2D eigenvalue weighted by molar-refractivity contribution is -0.125. The van der Waals surface area contributed by atoms with Gasteiger partial charge in [-0.3, -0.25) is 4.79 Å². The van der Waals surface area contributed by atoms with Crippen LogP contribution >= 0.6 is 15.9 Å². The minimum Gasteiger partial charge on any atom is -0.506 e. The van der Waals surface area contributed by atoms with Crippen molar-refractivity contribution in [3.8, 4) is 11.5 Å². The largest absolute Gasteiger partial charge is 0.506 e. The quantitative estimate of drug-likeness (QED) is 0.784. The summed E-state index contributed by atoms with van der Waals surface area (Å²) in [6, 6.07) is 12.2. The molecule has 0 spiro atoms. The van der Waals surface area contributed by atoms with Crippen LogP contribution in [-0.4, -0.2) is 29.9 Å². The molecule has 0 bridgehead atoms. The molecule has 0 fully saturated rings. The van der Waals surface area contributed by atoms with Gasteiger partial charge in [0.1, 0.15) is 11.5 Å². The number of amides is 1. The van der Waals surface area contributed by atoms with Crippen LogP contribution in [0.25, 0.3) is 0 Å². The van der Waals surface area contributed by atoms with E-state index in [-0.39, 0.29) is 11.7 Å². The number of phenolic OH excluding ortho intramolecular Hbond substituents is 1. The van der Waals surface area contributed by atoms with Gasteiger partial charge in [0.15, 0.2) is 0 Å². The Morgan fingerprint density at radius 1 is 1.38 bits per heavy atom. The summed E-state index contributed by atoms with van der Waals surface area (Å²) in [7, 11) is 1.59. The molecule has 0 aliphatic carbocycles. The van der Waals surface area contributed by atoms with Crippen LogP contribution in [0.15, 0.2) is 52.1 Å². The van der Waals surface area contributed by atoms with Gasteiger partial charge in [0, 0.05) is 16.5 Å². The molecule has 6 nitrogen and oxygen atoms in total. The van der Waals surface area contributed by atoms with E-state index in [0.717, 1.165) is 10.0 Å². The van der Waals surface area contributed by atoms with E-state index < -0.39 is 6.10 Å². The Hall–Kier alpha value is -2.54. The molecule has 1 atom stereocenters.